The van der Waals surface area contributed by atoms with E-state index in [0.717, 1.165) is 0 Å². The molecule has 0 bridgehead atoms. The van der Waals surface area contributed by atoms with E-state index in [4.69, 9.17) is 11.6 Å². The summed E-state index contributed by atoms with van der Waals surface area (Å²) in [4.78, 5) is 11.1. The molecule has 0 rings (SSSR count). The second-order valence-electron chi connectivity index (χ2n) is 4.17. The van der Waals surface area contributed by atoms with Gasteiger partial charge in [-0.3, -0.25) is 0 Å². The third kappa shape index (κ3) is 8.23. The summed E-state index contributed by atoms with van der Waals surface area (Å²) in [5.74, 6) is 0.127. The van der Waals surface area contributed by atoms with Crippen LogP contribution in [0.15, 0.2) is 0 Å². The van der Waals surface area contributed by atoms with Crippen LogP contribution in [0, 0.1) is 5.92 Å². The van der Waals surface area contributed by atoms with Gasteiger partial charge < -0.3 is 4.74 Å². The van der Waals surface area contributed by atoms with Crippen LogP contribution in [0.1, 0.15) is 27.7 Å². The average molecular weight is 287 g/mol. The summed E-state index contributed by atoms with van der Waals surface area (Å²) >= 11 is 5.87. The Labute approximate surface area is 107 Å². The van der Waals surface area contributed by atoms with Crippen LogP contribution in [-0.4, -0.2) is 32.5 Å². The molecule has 1 amide bonds. The molecule has 0 aromatic rings. The van der Waals surface area contributed by atoms with Crippen molar-refractivity contribution in [1.82, 2.24) is 9.44 Å². The summed E-state index contributed by atoms with van der Waals surface area (Å²) in [5, 5.41) is -0.340. The molecule has 0 radical (unpaired) electrons. The van der Waals surface area contributed by atoms with Gasteiger partial charge in [0.25, 0.3) is 0 Å². The number of ether oxygens (including phenoxy) is 1. The maximum absolute atomic E-state index is 11.4. The van der Waals surface area contributed by atoms with Gasteiger partial charge in [0, 0.05) is 11.9 Å². The first-order valence-corrected chi connectivity index (χ1v) is 7.18. The molecule has 1 unspecified atom stereocenters. The van der Waals surface area contributed by atoms with Crippen molar-refractivity contribution in [2.45, 2.75) is 39.2 Å². The van der Waals surface area contributed by atoms with Crippen molar-refractivity contribution >= 4 is 27.9 Å². The molecule has 0 aliphatic heterocycles. The van der Waals surface area contributed by atoms with E-state index in [-0.39, 0.29) is 23.9 Å². The highest BCUT2D eigenvalue weighted by molar-refractivity contribution is 7.88. The summed E-state index contributed by atoms with van der Waals surface area (Å²) in [7, 11) is -3.91. The number of hydrogen-bond acceptors (Lipinski definition) is 4. The lowest BCUT2D eigenvalue weighted by Gasteiger charge is -2.15. The first-order chi connectivity index (χ1) is 7.64. The van der Waals surface area contributed by atoms with Gasteiger partial charge in [-0.2, -0.15) is 13.1 Å². The molecule has 0 aliphatic rings. The number of nitrogens with one attached hydrogen (secondary N) is 2. The molecule has 0 spiro atoms. The molecule has 1 atom stereocenters. The fourth-order valence-corrected chi connectivity index (χ4v) is 1.72. The molecule has 0 heterocycles. The van der Waals surface area contributed by atoms with Gasteiger partial charge in [0.1, 0.15) is 0 Å². The summed E-state index contributed by atoms with van der Waals surface area (Å²) in [6, 6.07) is 0. The van der Waals surface area contributed by atoms with E-state index in [9.17, 15) is 13.2 Å². The molecular weight excluding hydrogens is 268 g/mol. The number of rotatable bonds is 6. The van der Waals surface area contributed by atoms with Crippen molar-refractivity contribution in [2.75, 3.05) is 6.54 Å². The fourth-order valence-electron chi connectivity index (χ4n) is 0.809. The molecular formula is C9H19ClN2O4S. The number of carbonyl (C=O) groups excluding carboxylic acids is 1. The van der Waals surface area contributed by atoms with Crippen LogP contribution in [0.4, 0.5) is 4.79 Å². The van der Waals surface area contributed by atoms with Crippen molar-refractivity contribution in [3.8, 4) is 0 Å². The minimum Gasteiger partial charge on any atom is -0.446 e. The molecule has 2 N–H and O–H groups in total. The highest BCUT2D eigenvalue weighted by Crippen LogP contribution is 2.07. The standard InChI is InChI=1S/C9H19ClN2O4S/c1-6(2)8(10)5-11-17(14,15)12-9(13)16-7(3)4/h6-8,11H,5H2,1-4H3,(H,12,13). The minimum absolute atomic E-state index is 0.0452. The summed E-state index contributed by atoms with van der Waals surface area (Å²) in [6.45, 7) is 7.02. The van der Waals surface area contributed by atoms with Gasteiger partial charge in [-0.15, -0.1) is 11.6 Å². The second kappa shape index (κ2) is 7.03. The molecule has 17 heavy (non-hydrogen) atoms. The predicted molar refractivity (Wildman–Crippen MR) is 66.2 cm³/mol. The van der Waals surface area contributed by atoms with Gasteiger partial charge in [0.15, 0.2) is 0 Å². The minimum atomic E-state index is -3.91. The predicted octanol–water partition coefficient (Wildman–Crippen LogP) is 1.22. The molecule has 0 aromatic carbocycles. The van der Waals surface area contributed by atoms with Crippen molar-refractivity contribution < 1.29 is 17.9 Å². The maximum Gasteiger partial charge on any atom is 0.422 e. The van der Waals surface area contributed by atoms with Crippen molar-refractivity contribution in [2.24, 2.45) is 5.92 Å². The monoisotopic (exact) mass is 286 g/mol. The zero-order valence-corrected chi connectivity index (χ0v) is 11.9. The molecule has 8 heteroatoms. The normalized spacial score (nSPS) is 13.8. The summed E-state index contributed by atoms with van der Waals surface area (Å²) < 4.78 is 31.3. The zero-order valence-electron chi connectivity index (χ0n) is 10.4. The third-order valence-electron chi connectivity index (χ3n) is 1.75. The highest BCUT2D eigenvalue weighted by atomic mass is 35.5. The Bertz CT molecular complexity index is 343. The van der Waals surface area contributed by atoms with Gasteiger partial charge >= 0.3 is 16.3 Å². The van der Waals surface area contributed by atoms with E-state index < -0.39 is 16.3 Å². The molecule has 102 valence electrons. The Kier molecular flexibility index (Phi) is 6.81. The van der Waals surface area contributed by atoms with Gasteiger partial charge in [-0.25, -0.2) is 9.52 Å². The Hall–Kier alpha value is -0.530. The molecule has 0 aliphatic carbocycles. The third-order valence-corrected chi connectivity index (χ3v) is 3.39. The lowest BCUT2D eigenvalue weighted by molar-refractivity contribution is 0.121. The van der Waals surface area contributed by atoms with Gasteiger partial charge in [0.05, 0.1) is 6.10 Å². The number of amides is 1. The first-order valence-electron chi connectivity index (χ1n) is 5.26. The fraction of sp³-hybridized carbons (Fsp3) is 0.889. The summed E-state index contributed by atoms with van der Waals surface area (Å²) in [5.41, 5.74) is 0. The number of halogens is 1. The van der Waals surface area contributed by atoms with Gasteiger partial charge in [-0.1, -0.05) is 13.8 Å². The SMILES string of the molecule is CC(C)OC(=O)NS(=O)(=O)NCC(Cl)C(C)C. The Morgan fingerprint density at radius 1 is 1.29 bits per heavy atom. The van der Waals surface area contributed by atoms with Crippen LogP contribution >= 0.6 is 11.6 Å². The van der Waals surface area contributed by atoms with Gasteiger partial charge in [0.2, 0.25) is 0 Å². The molecule has 0 aromatic heterocycles. The summed E-state index contributed by atoms with van der Waals surface area (Å²) in [6.07, 6.45) is -1.40. The topological polar surface area (TPSA) is 84.5 Å². The van der Waals surface area contributed by atoms with Crippen LogP contribution < -0.4 is 9.44 Å². The average Bonchev–Trinajstić information content (AvgIpc) is 2.11. The van der Waals surface area contributed by atoms with Crippen LogP contribution in [0.5, 0.6) is 0 Å². The number of hydrogen-bond donors (Lipinski definition) is 2. The van der Waals surface area contributed by atoms with E-state index in [0.29, 0.717) is 0 Å². The van der Waals surface area contributed by atoms with Crippen LogP contribution in [0.25, 0.3) is 0 Å². The highest BCUT2D eigenvalue weighted by Gasteiger charge is 2.18. The van der Waals surface area contributed by atoms with E-state index in [1.165, 1.54) is 0 Å². The molecule has 0 saturated carbocycles. The molecule has 0 fully saturated rings. The number of alkyl halides is 1. The van der Waals surface area contributed by atoms with Crippen LogP contribution in [-0.2, 0) is 14.9 Å². The van der Waals surface area contributed by atoms with Crippen molar-refractivity contribution in [1.29, 1.82) is 0 Å². The maximum atomic E-state index is 11.4. The Morgan fingerprint density at radius 2 is 1.82 bits per heavy atom. The van der Waals surface area contributed by atoms with Crippen LogP contribution in [0.2, 0.25) is 0 Å². The smallest absolute Gasteiger partial charge is 0.422 e. The van der Waals surface area contributed by atoms with E-state index in [2.05, 4.69) is 9.46 Å². The van der Waals surface area contributed by atoms with E-state index in [1.807, 2.05) is 13.8 Å². The zero-order chi connectivity index (χ0) is 13.6. The lowest BCUT2D eigenvalue weighted by Crippen LogP contribution is -2.43. The van der Waals surface area contributed by atoms with Crippen LogP contribution in [0.3, 0.4) is 0 Å². The quantitative estimate of drug-likeness (QED) is 0.719. The van der Waals surface area contributed by atoms with Gasteiger partial charge in [-0.05, 0) is 19.8 Å². The van der Waals surface area contributed by atoms with Crippen molar-refractivity contribution in [3.63, 3.8) is 0 Å². The molecule has 6 nitrogen and oxygen atoms in total. The Balaban J connectivity index is 4.17. The number of carbonyl (C=O) groups is 1. The van der Waals surface area contributed by atoms with E-state index in [1.54, 1.807) is 18.6 Å². The Morgan fingerprint density at radius 3 is 2.24 bits per heavy atom. The molecule has 0 saturated heterocycles. The van der Waals surface area contributed by atoms with Crippen molar-refractivity contribution in [3.05, 3.63) is 0 Å². The second-order valence-corrected chi connectivity index (χ2v) is 6.23. The first kappa shape index (κ1) is 16.5. The largest absolute Gasteiger partial charge is 0.446 e. The van der Waals surface area contributed by atoms with E-state index >= 15 is 0 Å². The lowest BCUT2D eigenvalue weighted by atomic mass is 10.1.